The highest BCUT2D eigenvalue weighted by atomic mass is 32.2. The normalized spacial score (nSPS) is 12.0. The first-order valence-electron chi connectivity index (χ1n) is 10.1. The van der Waals surface area contributed by atoms with Crippen LogP contribution in [-0.2, 0) is 13.0 Å². The van der Waals surface area contributed by atoms with Gasteiger partial charge in [-0.05, 0) is 17.5 Å². The topological polar surface area (TPSA) is 84.7 Å². The molecule has 0 fully saturated rings. The van der Waals surface area contributed by atoms with Gasteiger partial charge in [-0.25, -0.2) is 0 Å². The van der Waals surface area contributed by atoms with E-state index in [2.05, 4.69) is 35.3 Å². The molecule has 0 radical (unpaired) electrons. The second kappa shape index (κ2) is 9.63. The van der Waals surface area contributed by atoms with E-state index < -0.39 is 0 Å². The Morgan fingerprint density at radius 1 is 1.16 bits per heavy atom. The van der Waals surface area contributed by atoms with Gasteiger partial charge in [0.1, 0.15) is 0 Å². The summed E-state index contributed by atoms with van der Waals surface area (Å²) in [7, 11) is 0. The van der Waals surface area contributed by atoms with Gasteiger partial charge in [0.05, 0.1) is 18.2 Å². The van der Waals surface area contributed by atoms with Crippen LogP contribution in [0.3, 0.4) is 0 Å². The number of nitriles is 1. The number of thioether (sulfide) groups is 1. The average Bonchev–Trinajstić information content (AvgIpc) is 3.41. The summed E-state index contributed by atoms with van der Waals surface area (Å²) < 4.78 is 7.72. The molecule has 1 unspecified atom stereocenters. The lowest BCUT2D eigenvalue weighted by molar-refractivity contribution is 0.102. The summed E-state index contributed by atoms with van der Waals surface area (Å²) in [6, 6.07) is 20.1. The van der Waals surface area contributed by atoms with E-state index in [9.17, 15) is 4.79 Å². The fourth-order valence-corrected chi connectivity index (χ4v) is 4.23. The lowest BCUT2D eigenvalue weighted by Crippen LogP contribution is -2.02. The number of carbonyl (C=O) groups excluding carboxylic acids is 1. The van der Waals surface area contributed by atoms with E-state index in [1.54, 1.807) is 0 Å². The van der Waals surface area contributed by atoms with E-state index in [0.29, 0.717) is 36.1 Å². The fourth-order valence-electron chi connectivity index (χ4n) is 3.57. The van der Waals surface area contributed by atoms with Gasteiger partial charge in [-0.1, -0.05) is 67.2 Å². The number of aryl methyl sites for hydroxylation is 1. The Kier molecular flexibility index (Phi) is 6.48. The average molecular weight is 431 g/mol. The summed E-state index contributed by atoms with van der Waals surface area (Å²) in [4.78, 5) is 12.9. The SMILES string of the molecule is CC(Cc1nnc(SCC(=O)c2cn(CCC#N)c3ccccc23)o1)c1ccccc1. The third-order valence-electron chi connectivity index (χ3n) is 5.18. The minimum atomic E-state index is -0.00527. The first-order valence-corrected chi connectivity index (χ1v) is 11.1. The van der Waals surface area contributed by atoms with Crippen LogP contribution in [0.2, 0.25) is 0 Å². The summed E-state index contributed by atoms with van der Waals surface area (Å²) in [6.45, 7) is 2.68. The molecule has 156 valence electrons. The number of aromatic nitrogens is 3. The molecule has 0 saturated carbocycles. The zero-order valence-electron chi connectivity index (χ0n) is 17.2. The molecule has 2 aromatic carbocycles. The number of ketones is 1. The van der Waals surface area contributed by atoms with Crippen molar-refractivity contribution in [2.45, 2.75) is 37.5 Å². The van der Waals surface area contributed by atoms with Crippen LogP contribution in [0.1, 0.15) is 41.1 Å². The number of carbonyl (C=O) groups is 1. The van der Waals surface area contributed by atoms with Crippen molar-refractivity contribution in [1.82, 2.24) is 14.8 Å². The standard InChI is InChI=1S/C24H22N4O2S/c1-17(18-8-3-2-4-9-18)14-23-26-27-24(30-23)31-16-22(29)20-15-28(13-7-12-25)21-11-6-5-10-19(20)21/h2-6,8-11,15,17H,7,13-14,16H2,1H3. The molecule has 4 aromatic rings. The number of fused-ring (bicyclic) bond motifs is 1. The molecule has 4 rings (SSSR count). The Hall–Kier alpha value is -3.37. The monoisotopic (exact) mass is 430 g/mol. The molecule has 0 aliphatic heterocycles. The van der Waals surface area contributed by atoms with Gasteiger partial charge in [0.25, 0.3) is 5.22 Å². The van der Waals surface area contributed by atoms with Gasteiger partial charge in [0.2, 0.25) is 5.89 Å². The number of hydrogen-bond donors (Lipinski definition) is 0. The van der Waals surface area contributed by atoms with Crippen LogP contribution in [-0.4, -0.2) is 26.3 Å². The highest BCUT2D eigenvalue weighted by Crippen LogP contribution is 2.26. The van der Waals surface area contributed by atoms with Crippen LogP contribution in [0.25, 0.3) is 10.9 Å². The van der Waals surface area contributed by atoms with E-state index in [0.717, 1.165) is 10.9 Å². The predicted octanol–water partition coefficient (Wildman–Crippen LogP) is 5.26. The van der Waals surface area contributed by atoms with Crippen molar-refractivity contribution in [3.8, 4) is 6.07 Å². The minimum Gasteiger partial charge on any atom is -0.416 e. The summed E-state index contributed by atoms with van der Waals surface area (Å²) in [5.74, 6) is 1.04. The van der Waals surface area contributed by atoms with Crippen LogP contribution in [0.5, 0.6) is 0 Å². The van der Waals surface area contributed by atoms with Crippen LogP contribution in [0.4, 0.5) is 0 Å². The number of para-hydroxylation sites is 1. The Morgan fingerprint density at radius 2 is 1.94 bits per heavy atom. The number of hydrogen-bond acceptors (Lipinski definition) is 6. The second-order valence-corrected chi connectivity index (χ2v) is 8.28. The molecule has 2 aromatic heterocycles. The molecule has 2 heterocycles. The smallest absolute Gasteiger partial charge is 0.277 e. The number of benzene rings is 2. The van der Waals surface area contributed by atoms with Gasteiger partial charge in [0.15, 0.2) is 5.78 Å². The molecule has 0 aliphatic rings. The third-order valence-corrected chi connectivity index (χ3v) is 6.00. The molecule has 31 heavy (non-hydrogen) atoms. The molecule has 0 saturated heterocycles. The van der Waals surface area contributed by atoms with Crippen molar-refractivity contribution in [3.63, 3.8) is 0 Å². The van der Waals surface area contributed by atoms with Crippen molar-refractivity contribution in [2.24, 2.45) is 0 Å². The summed E-state index contributed by atoms with van der Waals surface area (Å²) in [5.41, 5.74) is 2.83. The Balaban J connectivity index is 1.41. The molecule has 7 heteroatoms. The van der Waals surface area contributed by atoms with Gasteiger partial charge in [-0.2, -0.15) is 5.26 Å². The zero-order valence-corrected chi connectivity index (χ0v) is 18.0. The minimum absolute atomic E-state index is 0.00527. The van der Waals surface area contributed by atoms with Crippen LogP contribution >= 0.6 is 11.8 Å². The van der Waals surface area contributed by atoms with Crippen LogP contribution < -0.4 is 0 Å². The number of nitrogens with zero attached hydrogens (tertiary/aromatic N) is 4. The molecule has 0 bridgehead atoms. The molecule has 0 N–H and O–H groups in total. The van der Waals surface area contributed by atoms with Crippen molar-refractivity contribution >= 4 is 28.4 Å². The lowest BCUT2D eigenvalue weighted by Gasteiger charge is -2.08. The summed E-state index contributed by atoms with van der Waals surface area (Å²) >= 11 is 1.25. The van der Waals surface area contributed by atoms with Gasteiger partial charge in [-0.15, -0.1) is 10.2 Å². The predicted molar refractivity (Wildman–Crippen MR) is 120 cm³/mol. The maximum Gasteiger partial charge on any atom is 0.277 e. The molecular formula is C24H22N4O2S. The maximum absolute atomic E-state index is 12.9. The Morgan fingerprint density at radius 3 is 2.74 bits per heavy atom. The van der Waals surface area contributed by atoms with Crippen LogP contribution in [0, 0.1) is 11.3 Å². The third kappa shape index (κ3) is 4.86. The van der Waals surface area contributed by atoms with Gasteiger partial charge < -0.3 is 8.98 Å². The van der Waals surface area contributed by atoms with E-state index in [4.69, 9.17) is 9.68 Å². The van der Waals surface area contributed by atoms with Crippen molar-refractivity contribution in [1.29, 1.82) is 5.26 Å². The summed E-state index contributed by atoms with van der Waals surface area (Å²) in [6.07, 6.45) is 2.89. The van der Waals surface area contributed by atoms with Gasteiger partial charge in [0, 0.05) is 35.6 Å². The van der Waals surface area contributed by atoms with E-state index >= 15 is 0 Å². The van der Waals surface area contributed by atoms with Crippen LogP contribution in [0.15, 0.2) is 70.4 Å². The van der Waals surface area contributed by atoms with Gasteiger partial charge >= 0.3 is 0 Å². The van der Waals surface area contributed by atoms with Gasteiger partial charge in [-0.3, -0.25) is 4.79 Å². The molecule has 1 atom stereocenters. The molecule has 0 aliphatic carbocycles. The Labute approximate surface area is 184 Å². The van der Waals surface area contributed by atoms with E-state index in [-0.39, 0.29) is 17.5 Å². The van der Waals surface area contributed by atoms with E-state index in [1.807, 2.05) is 53.2 Å². The second-order valence-electron chi connectivity index (χ2n) is 7.35. The Bertz CT molecular complexity index is 1220. The number of Topliss-reactive ketones (excluding diaryl/α,β-unsaturated/α-hetero) is 1. The number of rotatable bonds is 9. The maximum atomic E-state index is 12.9. The van der Waals surface area contributed by atoms with E-state index in [1.165, 1.54) is 17.3 Å². The molecule has 0 amide bonds. The molecular weight excluding hydrogens is 408 g/mol. The first kappa shape index (κ1) is 20.9. The highest BCUT2D eigenvalue weighted by Gasteiger charge is 2.17. The molecule has 0 spiro atoms. The quantitative estimate of drug-likeness (QED) is 0.266. The largest absolute Gasteiger partial charge is 0.416 e. The highest BCUT2D eigenvalue weighted by molar-refractivity contribution is 7.99. The van der Waals surface area contributed by atoms with Crippen molar-refractivity contribution in [2.75, 3.05) is 5.75 Å². The summed E-state index contributed by atoms with van der Waals surface area (Å²) in [5, 5.41) is 18.4. The lowest BCUT2D eigenvalue weighted by atomic mass is 9.98. The fraction of sp³-hybridized carbons (Fsp3) is 0.250. The first-order chi connectivity index (χ1) is 15.2. The zero-order chi connectivity index (χ0) is 21.6. The van der Waals surface area contributed by atoms with Crippen molar-refractivity contribution in [3.05, 3.63) is 77.8 Å². The molecule has 6 nitrogen and oxygen atoms in total. The van der Waals surface area contributed by atoms with Crippen molar-refractivity contribution < 1.29 is 9.21 Å².